The maximum absolute atomic E-state index is 10.9. The number of nitrogens with zero attached hydrogens (tertiary/aromatic N) is 2. The Kier molecular flexibility index (Phi) is 4.01. The predicted molar refractivity (Wildman–Crippen MR) is 75.7 cm³/mol. The normalized spacial score (nSPS) is 10.2. The summed E-state index contributed by atoms with van der Waals surface area (Å²) in [6.07, 6.45) is 0. The molecule has 1 N–H and O–H groups in total. The van der Waals surface area contributed by atoms with E-state index in [1.165, 1.54) is 29.5 Å². The SMILES string of the molecule is CNc1cc([N+](=O)[O-])cc(Sc2ccc(C)cc2)n1. The van der Waals surface area contributed by atoms with Gasteiger partial charge in [0.2, 0.25) is 0 Å². The van der Waals surface area contributed by atoms with Crippen molar-refractivity contribution < 1.29 is 4.92 Å². The fraction of sp³-hybridized carbons (Fsp3) is 0.154. The first kappa shape index (κ1) is 13.4. The molecule has 0 spiro atoms. The molecule has 0 atom stereocenters. The first-order valence-electron chi connectivity index (χ1n) is 5.67. The number of aryl methyl sites for hydroxylation is 1. The molecular formula is C13H13N3O2S. The molecule has 0 bridgehead atoms. The van der Waals surface area contributed by atoms with Gasteiger partial charge in [0.25, 0.3) is 5.69 Å². The van der Waals surface area contributed by atoms with Crippen molar-refractivity contribution in [1.29, 1.82) is 0 Å². The zero-order valence-corrected chi connectivity index (χ0v) is 11.4. The van der Waals surface area contributed by atoms with Crippen LogP contribution in [0.1, 0.15) is 5.56 Å². The Labute approximate surface area is 115 Å². The third-order valence-corrected chi connectivity index (χ3v) is 3.42. The van der Waals surface area contributed by atoms with Crippen LogP contribution in [0.4, 0.5) is 11.5 Å². The quantitative estimate of drug-likeness (QED) is 0.683. The molecule has 19 heavy (non-hydrogen) atoms. The first-order valence-corrected chi connectivity index (χ1v) is 6.49. The molecule has 2 rings (SSSR count). The summed E-state index contributed by atoms with van der Waals surface area (Å²) in [7, 11) is 1.69. The molecule has 1 aromatic heterocycles. The zero-order chi connectivity index (χ0) is 13.8. The van der Waals surface area contributed by atoms with Crippen LogP contribution in [0.25, 0.3) is 0 Å². The fourth-order valence-electron chi connectivity index (χ4n) is 1.50. The summed E-state index contributed by atoms with van der Waals surface area (Å²) in [6, 6.07) is 10.8. The Bertz CT molecular complexity index is 599. The van der Waals surface area contributed by atoms with Crippen LogP contribution in [0.3, 0.4) is 0 Å². The van der Waals surface area contributed by atoms with Gasteiger partial charge in [0.15, 0.2) is 0 Å². The molecule has 0 aliphatic heterocycles. The number of anilines is 1. The molecule has 0 saturated heterocycles. The van der Waals surface area contributed by atoms with Gasteiger partial charge in [-0.25, -0.2) is 4.98 Å². The highest BCUT2D eigenvalue weighted by molar-refractivity contribution is 7.99. The van der Waals surface area contributed by atoms with E-state index in [1.54, 1.807) is 7.05 Å². The maximum Gasteiger partial charge on any atom is 0.275 e. The van der Waals surface area contributed by atoms with E-state index >= 15 is 0 Å². The monoisotopic (exact) mass is 275 g/mol. The first-order chi connectivity index (χ1) is 9.08. The highest BCUT2D eigenvalue weighted by atomic mass is 32.2. The number of hydrogen-bond donors (Lipinski definition) is 1. The van der Waals surface area contributed by atoms with Crippen LogP contribution in [0.2, 0.25) is 0 Å². The smallest absolute Gasteiger partial charge is 0.275 e. The second kappa shape index (κ2) is 5.71. The molecule has 2 aromatic rings. The zero-order valence-electron chi connectivity index (χ0n) is 10.6. The molecule has 5 nitrogen and oxygen atoms in total. The van der Waals surface area contributed by atoms with Crippen molar-refractivity contribution in [3.05, 3.63) is 52.1 Å². The topological polar surface area (TPSA) is 68.1 Å². The van der Waals surface area contributed by atoms with Crippen LogP contribution in [0, 0.1) is 17.0 Å². The van der Waals surface area contributed by atoms with Crippen molar-refractivity contribution in [1.82, 2.24) is 4.98 Å². The van der Waals surface area contributed by atoms with Crippen LogP contribution >= 0.6 is 11.8 Å². The molecule has 0 unspecified atom stereocenters. The third-order valence-electron chi connectivity index (χ3n) is 2.50. The Hall–Kier alpha value is -2.08. The molecule has 0 fully saturated rings. The number of hydrogen-bond acceptors (Lipinski definition) is 5. The van der Waals surface area contributed by atoms with Crippen LogP contribution in [0.15, 0.2) is 46.3 Å². The fourth-order valence-corrected chi connectivity index (χ4v) is 2.34. The maximum atomic E-state index is 10.9. The summed E-state index contributed by atoms with van der Waals surface area (Å²) < 4.78 is 0. The average molecular weight is 275 g/mol. The minimum Gasteiger partial charge on any atom is -0.373 e. The van der Waals surface area contributed by atoms with Crippen LogP contribution in [-0.2, 0) is 0 Å². The van der Waals surface area contributed by atoms with Gasteiger partial charge in [-0.2, -0.15) is 0 Å². The summed E-state index contributed by atoms with van der Waals surface area (Å²) in [5.41, 5.74) is 1.21. The van der Waals surface area contributed by atoms with Crippen molar-refractivity contribution in [2.45, 2.75) is 16.8 Å². The molecule has 0 aliphatic carbocycles. The minimum atomic E-state index is -0.415. The molecule has 98 valence electrons. The molecule has 0 radical (unpaired) electrons. The lowest BCUT2D eigenvalue weighted by atomic mass is 10.2. The summed E-state index contributed by atoms with van der Waals surface area (Å²) >= 11 is 1.40. The number of nitrogens with one attached hydrogen (secondary N) is 1. The van der Waals surface area contributed by atoms with Gasteiger partial charge in [-0.15, -0.1) is 0 Å². The lowest BCUT2D eigenvalue weighted by Gasteiger charge is -2.04. The van der Waals surface area contributed by atoms with E-state index in [0.717, 1.165) is 4.90 Å². The molecule has 6 heteroatoms. The van der Waals surface area contributed by atoms with Crippen molar-refractivity contribution in [2.24, 2.45) is 0 Å². The van der Waals surface area contributed by atoms with Gasteiger partial charge in [0.05, 0.1) is 11.0 Å². The number of pyridine rings is 1. The Balaban J connectivity index is 2.31. The van der Waals surface area contributed by atoms with E-state index in [9.17, 15) is 10.1 Å². The Morgan fingerprint density at radius 3 is 2.53 bits per heavy atom. The number of rotatable bonds is 4. The third kappa shape index (κ3) is 3.45. The number of nitro groups is 1. The van der Waals surface area contributed by atoms with Gasteiger partial charge in [-0.1, -0.05) is 29.5 Å². The van der Waals surface area contributed by atoms with Gasteiger partial charge in [-0.05, 0) is 19.1 Å². The molecular weight excluding hydrogens is 262 g/mol. The molecule has 1 heterocycles. The van der Waals surface area contributed by atoms with Crippen molar-refractivity contribution in [2.75, 3.05) is 12.4 Å². The number of aromatic nitrogens is 1. The van der Waals surface area contributed by atoms with Gasteiger partial charge < -0.3 is 5.32 Å². The van der Waals surface area contributed by atoms with E-state index in [1.807, 2.05) is 31.2 Å². The van der Waals surface area contributed by atoms with Crippen molar-refractivity contribution in [3.8, 4) is 0 Å². The van der Waals surface area contributed by atoms with Crippen LogP contribution < -0.4 is 5.32 Å². The summed E-state index contributed by atoms with van der Waals surface area (Å²) in [5, 5.41) is 14.3. The van der Waals surface area contributed by atoms with Crippen molar-refractivity contribution in [3.63, 3.8) is 0 Å². The standard InChI is InChI=1S/C13H13N3O2S/c1-9-3-5-11(6-4-9)19-13-8-10(16(17)18)7-12(14-2)15-13/h3-8H,1-2H3,(H,14,15). The molecule has 0 saturated carbocycles. The predicted octanol–water partition coefficient (Wildman–Crippen LogP) is 3.49. The van der Waals surface area contributed by atoms with Crippen LogP contribution in [0.5, 0.6) is 0 Å². The molecule has 0 aliphatic rings. The van der Waals surface area contributed by atoms with Gasteiger partial charge >= 0.3 is 0 Å². The lowest BCUT2D eigenvalue weighted by Crippen LogP contribution is -1.96. The highest BCUT2D eigenvalue weighted by Gasteiger charge is 2.11. The summed E-state index contributed by atoms with van der Waals surface area (Å²) in [6.45, 7) is 2.01. The van der Waals surface area contributed by atoms with Gasteiger partial charge in [0.1, 0.15) is 10.8 Å². The summed E-state index contributed by atoms with van der Waals surface area (Å²) in [5.74, 6) is 0.490. The van der Waals surface area contributed by atoms with E-state index in [4.69, 9.17) is 0 Å². The average Bonchev–Trinajstić information content (AvgIpc) is 2.41. The van der Waals surface area contributed by atoms with Crippen molar-refractivity contribution >= 4 is 23.3 Å². The van der Waals surface area contributed by atoms with E-state index < -0.39 is 4.92 Å². The minimum absolute atomic E-state index is 0.0361. The van der Waals surface area contributed by atoms with Crippen LogP contribution in [-0.4, -0.2) is 17.0 Å². The van der Waals surface area contributed by atoms with E-state index in [-0.39, 0.29) is 5.69 Å². The summed E-state index contributed by atoms with van der Waals surface area (Å²) in [4.78, 5) is 15.7. The number of benzene rings is 1. The van der Waals surface area contributed by atoms with E-state index in [0.29, 0.717) is 10.8 Å². The van der Waals surface area contributed by atoms with E-state index in [2.05, 4.69) is 10.3 Å². The van der Waals surface area contributed by atoms with Gasteiger partial charge in [0, 0.05) is 18.0 Å². The largest absolute Gasteiger partial charge is 0.373 e. The van der Waals surface area contributed by atoms with Gasteiger partial charge in [-0.3, -0.25) is 10.1 Å². The highest BCUT2D eigenvalue weighted by Crippen LogP contribution is 2.30. The second-order valence-electron chi connectivity index (χ2n) is 3.97. The Morgan fingerprint density at radius 1 is 1.26 bits per heavy atom. The second-order valence-corrected chi connectivity index (χ2v) is 5.06. The Morgan fingerprint density at radius 2 is 1.95 bits per heavy atom. The molecule has 0 amide bonds. The lowest BCUT2D eigenvalue weighted by molar-refractivity contribution is -0.385. The molecule has 1 aromatic carbocycles.